The monoisotopic (exact) mass is 525 g/mol. The second kappa shape index (κ2) is 9.36. The zero-order chi connectivity index (χ0) is 27.2. The van der Waals surface area contributed by atoms with Crippen LogP contribution in [-0.4, -0.2) is 40.3 Å². The van der Waals surface area contributed by atoms with E-state index < -0.39 is 36.0 Å². The molecule has 1 aliphatic rings. The summed E-state index contributed by atoms with van der Waals surface area (Å²) in [5.74, 6) is -2.98. The van der Waals surface area contributed by atoms with E-state index >= 15 is 0 Å². The summed E-state index contributed by atoms with van der Waals surface area (Å²) >= 11 is 0. The number of aryl methyl sites for hydroxylation is 1. The van der Waals surface area contributed by atoms with Gasteiger partial charge < -0.3 is 15.2 Å². The van der Waals surface area contributed by atoms with Gasteiger partial charge in [-0.25, -0.2) is 9.37 Å². The number of aromatic nitrogens is 2. The maximum atomic E-state index is 13.8. The normalized spacial score (nSPS) is 16.6. The molecule has 1 amide bonds. The molecule has 0 aliphatic carbocycles. The molecule has 10 heteroatoms. The van der Waals surface area contributed by atoms with Crippen LogP contribution in [-0.2, 0) is 5.60 Å². The molecule has 6 nitrogen and oxygen atoms in total. The first kappa shape index (κ1) is 25.6. The van der Waals surface area contributed by atoms with Crippen molar-refractivity contribution in [3.05, 3.63) is 89.0 Å². The number of fused-ring (bicyclic) bond motifs is 2. The first-order valence-corrected chi connectivity index (χ1v) is 11.8. The first-order valence-electron chi connectivity index (χ1n) is 11.8. The average molecular weight is 526 g/mol. The van der Waals surface area contributed by atoms with Gasteiger partial charge in [-0.15, -0.1) is 0 Å². The summed E-state index contributed by atoms with van der Waals surface area (Å²) in [6.45, 7) is 2.21. The van der Waals surface area contributed by atoms with Crippen LogP contribution in [0.4, 0.5) is 17.6 Å². The Hall–Kier alpha value is -4.05. The van der Waals surface area contributed by atoms with E-state index in [-0.39, 0.29) is 29.2 Å². The zero-order valence-electron chi connectivity index (χ0n) is 20.4. The van der Waals surface area contributed by atoms with Gasteiger partial charge in [0.25, 0.3) is 5.91 Å². The Labute approximate surface area is 215 Å². The fourth-order valence-electron chi connectivity index (χ4n) is 4.52. The van der Waals surface area contributed by atoms with E-state index in [9.17, 15) is 27.5 Å². The van der Waals surface area contributed by atoms with Gasteiger partial charge in [-0.05, 0) is 67.9 Å². The number of alkyl halides is 3. The highest BCUT2D eigenvalue weighted by atomic mass is 19.4. The molecule has 196 valence electrons. The van der Waals surface area contributed by atoms with Crippen molar-refractivity contribution in [3.8, 4) is 17.0 Å². The number of carbonyl (C=O) groups excluding carboxylic acids is 1. The molecule has 2 N–H and O–H groups in total. The number of nitrogens with one attached hydrogen (secondary N) is 1. The van der Waals surface area contributed by atoms with Crippen LogP contribution >= 0.6 is 0 Å². The second-order valence-electron chi connectivity index (χ2n) is 9.51. The molecule has 0 radical (unpaired) electrons. The van der Waals surface area contributed by atoms with Crippen LogP contribution in [0.1, 0.15) is 40.0 Å². The van der Waals surface area contributed by atoms with Gasteiger partial charge in [0.2, 0.25) is 0 Å². The summed E-state index contributed by atoms with van der Waals surface area (Å²) in [6, 6.07) is 13.1. The molecule has 0 saturated heterocycles. The van der Waals surface area contributed by atoms with E-state index in [2.05, 4.69) is 15.3 Å². The Balaban J connectivity index is 1.48. The van der Waals surface area contributed by atoms with Gasteiger partial charge >= 0.3 is 6.18 Å². The number of amides is 1. The molecule has 1 aliphatic heterocycles. The Bertz CT molecular complexity index is 1540. The minimum absolute atomic E-state index is 0.0495. The summed E-state index contributed by atoms with van der Waals surface area (Å²) in [6.07, 6.45) is -2.93. The van der Waals surface area contributed by atoms with Crippen LogP contribution in [0.3, 0.4) is 0 Å². The number of rotatable bonds is 5. The predicted molar refractivity (Wildman–Crippen MR) is 132 cm³/mol. The highest BCUT2D eigenvalue weighted by Gasteiger charge is 2.47. The number of pyridine rings is 2. The number of ether oxygens (including phenoxy) is 1. The van der Waals surface area contributed by atoms with Crippen molar-refractivity contribution < 1.29 is 32.2 Å². The summed E-state index contributed by atoms with van der Waals surface area (Å²) in [7, 11) is 0. The molecule has 3 heterocycles. The van der Waals surface area contributed by atoms with E-state index in [1.807, 2.05) is 13.0 Å². The highest BCUT2D eigenvalue weighted by Crippen LogP contribution is 2.48. The molecule has 2 aromatic heterocycles. The molecule has 0 bridgehead atoms. The maximum Gasteiger partial charge on any atom is 0.399 e. The van der Waals surface area contributed by atoms with Crippen LogP contribution in [0.25, 0.3) is 22.2 Å². The number of carbonyl (C=O) groups is 1. The molecule has 0 unspecified atom stereocenters. The Kier molecular flexibility index (Phi) is 6.30. The van der Waals surface area contributed by atoms with Crippen molar-refractivity contribution in [1.82, 2.24) is 15.3 Å². The quantitative estimate of drug-likeness (QED) is 0.340. The molecule has 0 fully saturated rings. The molecular formula is C28H23F4N3O3. The predicted octanol–water partition coefficient (Wildman–Crippen LogP) is 5.42. The summed E-state index contributed by atoms with van der Waals surface area (Å²) < 4.78 is 60.2. The topological polar surface area (TPSA) is 84.3 Å². The second-order valence-corrected chi connectivity index (χ2v) is 9.51. The van der Waals surface area contributed by atoms with Gasteiger partial charge in [0, 0.05) is 28.3 Å². The molecule has 4 aromatic rings. The summed E-state index contributed by atoms with van der Waals surface area (Å²) in [5.41, 5.74) is 0.168. The van der Waals surface area contributed by atoms with E-state index in [0.717, 1.165) is 34.7 Å². The third-order valence-electron chi connectivity index (χ3n) is 6.59. The van der Waals surface area contributed by atoms with Crippen LogP contribution in [0.5, 0.6) is 5.75 Å². The number of hydrogen-bond acceptors (Lipinski definition) is 5. The van der Waals surface area contributed by atoms with Gasteiger partial charge in [0.15, 0.2) is 0 Å². The lowest BCUT2D eigenvalue weighted by atomic mass is 9.93. The molecule has 5 rings (SSSR count). The van der Waals surface area contributed by atoms with E-state index in [0.29, 0.717) is 11.1 Å². The first-order chi connectivity index (χ1) is 17.9. The van der Waals surface area contributed by atoms with Gasteiger partial charge in [-0.3, -0.25) is 9.78 Å². The molecule has 38 heavy (non-hydrogen) atoms. The van der Waals surface area contributed by atoms with Crippen molar-refractivity contribution in [2.75, 3.05) is 13.2 Å². The van der Waals surface area contributed by atoms with E-state index in [4.69, 9.17) is 4.74 Å². The number of halogens is 4. The van der Waals surface area contributed by atoms with Crippen molar-refractivity contribution >= 4 is 16.8 Å². The van der Waals surface area contributed by atoms with Crippen LogP contribution < -0.4 is 10.1 Å². The minimum Gasteiger partial charge on any atom is -0.490 e. The number of hydrogen-bond donors (Lipinski definition) is 2. The van der Waals surface area contributed by atoms with Gasteiger partial charge in [-0.2, -0.15) is 13.2 Å². The third-order valence-corrected chi connectivity index (χ3v) is 6.59. The largest absolute Gasteiger partial charge is 0.490 e. The van der Waals surface area contributed by atoms with Crippen LogP contribution in [0.2, 0.25) is 0 Å². The SMILES string of the molecule is Cc1cc(C(=O)NC[C@](C)(O)c2cc3c(c(-c4ccc(F)cc4)n2)OC[C@H]3C(F)(F)F)cc2cccnc12. The van der Waals surface area contributed by atoms with E-state index in [1.165, 1.54) is 19.1 Å². The lowest BCUT2D eigenvalue weighted by Crippen LogP contribution is -2.39. The van der Waals surface area contributed by atoms with Crippen LogP contribution in [0.15, 0.2) is 60.8 Å². The molecule has 2 atom stereocenters. The number of nitrogens with zero attached hydrogens (tertiary/aromatic N) is 2. The Morgan fingerprint density at radius 1 is 1.16 bits per heavy atom. The minimum atomic E-state index is -4.59. The number of benzene rings is 2. The smallest absolute Gasteiger partial charge is 0.399 e. The molecule has 0 spiro atoms. The van der Waals surface area contributed by atoms with Crippen molar-refractivity contribution in [2.24, 2.45) is 0 Å². The standard InChI is InChI=1S/C28H23F4N3O3/c1-15-10-18(11-17-4-3-9-33-23(15)17)26(36)34-14-27(2,37)22-12-20-21(28(30,31)32)13-38-25(20)24(35-22)16-5-7-19(29)8-6-16/h3-12,21,37H,13-14H2,1-2H3,(H,34,36)/t21-,27+/m1/s1. The highest BCUT2D eigenvalue weighted by molar-refractivity contribution is 5.98. The van der Waals surface area contributed by atoms with Gasteiger partial charge in [0.05, 0.1) is 17.8 Å². The van der Waals surface area contributed by atoms with Crippen molar-refractivity contribution in [3.63, 3.8) is 0 Å². The van der Waals surface area contributed by atoms with Gasteiger partial charge in [-0.1, -0.05) is 6.07 Å². The summed E-state index contributed by atoms with van der Waals surface area (Å²) in [5, 5.41) is 14.7. The summed E-state index contributed by atoms with van der Waals surface area (Å²) in [4.78, 5) is 21.7. The molecular weight excluding hydrogens is 502 g/mol. The lowest BCUT2D eigenvalue weighted by molar-refractivity contribution is -0.151. The Morgan fingerprint density at radius 3 is 2.61 bits per heavy atom. The lowest BCUT2D eigenvalue weighted by Gasteiger charge is -2.25. The zero-order valence-corrected chi connectivity index (χ0v) is 20.4. The van der Waals surface area contributed by atoms with Crippen LogP contribution in [0, 0.1) is 12.7 Å². The van der Waals surface area contributed by atoms with Crippen molar-refractivity contribution in [2.45, 2.75) is 31.5 Å². The fraction of sp³-hybridized carbons (Fsp3) is 0.250. The van der Waals surface area contributed by atoms with Gasteiger partial charge in [0.1, 0.15) is 35.4 Å². The fourth-order valence-corrected chi connectivity index (χ4v) is 4.52. The third kappa shape index (κ3) is 4.79. The Morgan fingerprint density at radius 2 is 1.89 bits per heavy atom. The number of aliphatic hydroxyl groups is 1. The molecule has 2 aromatic carbocycles. The molecule has 0 saturated carbocycles. The van der Waals surface area contributed by atoms with E-state index in [1.54, 1.807) is 24.4 Å². The maximum absolute atomic E-state index is 13.8. The average Bonchev–Trinajstić information content (AvgIpc) is 3.32. The van der Waals surface area contributed by atoms with Crippen molar-refractivity contribution in [1.29, 1.82) is 0 Å².